The van der Waals surface area contributed by atoms with Crippen molar-refractivity contribution in [3.63, 3.8) is 0 Å². The van der Waals surface area contributed by atoms with Crippen molar-refractivity contribution in [3.8, 4) is 0 Å². The number of para-hydroxylation sites is 1. The Hall–Kier alpha value is -3.00. The summed E-state index contributed by atoms with van der Waals surface area (Å²) in [5, 5.41) is 6.04. The van der Waals surface area contributed by atoms with E-state index in [4.69, 9.17) is 0 Å². The molecule has 0 saturated heterocycles. The van der Waals surface area contributed by atoms with E-state index < -0.39 is 0 Å². The van der Waals surface area contributed by atoms with E-state index >= 15 is 0 Å². The van der Waals surface area contributed by atoms with E-state index in [1.807, 2.05) is 43.3 Å². The summed E-state index contributed by atoms with van der Waals surface area (Å²) < 4.78 is 2.67. The van der Waals surface area contributed by atoms with E-state index in [0.29, 0.717) is 28.8 Å². The Morgan fingerprint density at radius 3 is 2.68 bits per heavy atom. The second-order valence-corrected chi connectivity index (χ2v) is 8.65. The summed E-state index contributed by atoms with van der Waals surface area (Å²) in [5.74, 6) is 0.0706. The molecule has 1 fully saturated rings. The number of aryl methyl sites for hydroxylation is 2. The van der Waals surface area contributed by atoms with Crippen LogP contribution in [0.2, 0.25) is 0 Å². The standard InChI is InChI=1S/C23H23BrN4O3/c1-14-12-15(24)6-9-18(14)27-22(30)13-25-21(29)11-10-20-26-19-5-3-2-4-17(19)23(31)28(20)16-7-8-16/h2-6,9,12,16H,7-8,10-11,13H2,1H3,(H,25,29)(H,27,30). The molecule has 4 rings (SSSR count). The zero-order valence-corrected chi connectivity index (χ0v) is 18.7. The van der Waals surface area contributed by atoms with Gasteiger partial charge in [0.15, 0.2) is 0 Å². The van der Waals surface area contributed by atoms with Gasteiger partial charge in [-0.05, 0) is 55.7 Å². The molecule has 3 aromatic rings. The van der Waals surface area contributed by atoms with E-state index in [0.717, 1.165) is 22.9 Å². The van der Waals surface area contributed by atoms with Crippen molar-refractivity contribution in [3.05, 3.63) is 68.7 Å². The number of nitrogens with zero attached hydrogens (tertiary/aromatic N) is 2. The van der Waals surface area contributed by atoms with Gasteiger partial charge in [-0.15, -0.1) is 0 Å². The lowest BCUT2D eigenvalue weighted by molar-refractivity contribution is -0.124. The van der Waals surface area contributed by atoms with Crippen LogP contribution in [-0.4, -0.2) is 27.9 Å². The van der Waals surface area contributed by atoms with Crippen LogP contribution in [0.3, 0.4) is 0 Å². The number of hydrogen-bond donors (Lipinski definition) is 2. The number of carbonyl (C=O) groups is 2. The molecule has 0 spiro atoms. The maximum atomic E-state index is 12.9. The molecule has 1 saturated carbocycles. The first kappa shape index (κ1) is 21.2. The van der Waals surface area contributed by atoms with E-state index in [2.05, 4.69) is 31.5 Å². The second-order valence-electron chi connectivity index (χ2n) is 7.74. The number of rotatable bonds is 7. The second kappa shape index (κ2) is 9.01. The van der Waals surface area contributed by atoms with Crippen molar-refractivity contribution in [1.29, 1.82) is 0 Å². The van der Waals surface area contributed by atoms with Crippen LogP contribution in [0.25, 0.3) is 10.9 Å². The molecule has 2 N–H and O–H groups in total. The van der Waals surface area contributed by atoms with Gasteiger partial charge in [-0.3, -0.25) is 19.0 Å². The molecule has 2 amide bonds. The first-order valence-corrected chi connectivity index (χ1v) is 11.0. The molecule has 1 aromatic heterocycles. The number of nitrogens with one attached hydrogen (secondary N) is 2. The highest BCUT2D eigenvalue weighted by Gasteiger charge is 2.28. The highest BCUT2D eigenvalue weighted by atomic mass is 79.9. The first-order valence-electron chi connectivity index (χ1n) is 10.3. The lowest BCUT2D eigenvalue weighted by Gasteiger charge is -2.13. The zero-order chi connectivity index (χ0) is 22.0. The van der Waals surface area contributed by atoms with Crippen LogP contribution in [0.15, 0.2) is 51.7 Å². The summed E-state index contributed by atoms with van der Waals surface area (Å²) in [6.45, 7) is 1.78. The third-order valence-corrected chi connectivity index (χ3v) is 5.77. The maximum absolute atomic E-state index is 12.9. The molecule has 0 aliphatic heterocycles. The van der Waals surface area contributed by atoms with Gasteiger partial charge in [-0.25, -0.2) is 4.98 Å². The van der Waals surface area contributed by atoms with E-state index in [9.17, 15) is 14.4 Å². The number of halogens is 1. The Kier molecular flexibility index (Phi) is 6.18. The number of carbonyl (C=O) groups excluding carboxylic acids is 2. The Morgan fingerprint density at radius 2 is 1.94 bits per heavy atom. The fourth-order valence-electron chi connectivity index (χ4n) is 3.53. The van der Waals surface area contributed by atoms with Gasteiger partial charge in [0, 0.05) is 29.0 Å². The molecule has 1 heterocycles. The van der Waals surface area contributed by atoms with Gasteiger partial charge in [0.1, 0.15) is 5.82 Å². The van der Waals surface area contributed by atoms with E-state index in [-0.39, 0.29) is 36.4 Å². The molecule has 1 aliphatic rings. The Labute approximate surface area is 188 Å². The third-order valence-electron chi connectivity index (χ3n) is 5.28. The Morgan fingerprint density at radius 1 is 1.16 bits per heavy atom. The van der Waals surface area contributed by atoms with Crippen LogP contribution in [0.5, 0.6) is 0 Å². The predicted octanol–water partition coefficient (Wildman–Crippen LogP) is 3.49. The summed E-state index contributed by atoms with van der Waals surface area (Å²) in [6, 6.07) is 13.0. The Bertz CT molecular complexity index is 1220. The smallest absolute Gasteiger partial charge is 0.261 e. The van der Waals surface area contributed by atoms with Gasteiger partial charge >= 0.3 is 0 Å². The number of anilines is 1. The molecule has 7 nitrogen and oxygen atoms in total. The maximum Gasteiger partial charge on any atom is 0.261 e. The predicted molar refractivity (Wildman–Crippen MR) is 123 cm³/mol. The van der Waals surface area contributed by atoms with E-state index in [1.165, 1.54) is 0 Å². The number of fused-ring (bicyclic) bond motifs is 1. The normalized spacial score (nSPS) is 13.2. The van der Waals surface area contributed by atoms with Gasteiger partial charge < -0.3 is 10.6 Å². The summed E-state index contributed by atoms with van der Waals surface area (Å²) in [6.07, 6.45) is 2.40. The lowest BCUT2D eigenvalue weighted by atomic mass is 10.2. The lowest BCUT2D eigenvalue weighted by Crippen LogP contribution is -2.33. The minimum absolute atomic E-state index is 0.0484. The summed E-state index contributed by atoms with van der Waals surface area (Å²) in [4.78, 5) is 42.0. The molecule has 0 unspecified atom stereocenters. The number of aromatic nitrogens is 2. The summed E-state index contributed by atoms with van der Waals surface area (Å²) in [5.41, 5.74) is 2.22. The van der Waals surface area contributed by atoms with Gasteiger partial charge in [0.05, 0.1) is 17.4 Å². The van der Waals surface area contributed by atoms with Crippen molar-refractivity contribution < 1.29 is 9.59 Å². The minimum atomic E-state index is -0.294. The average molecular weight is 483 g/mol. The largest absolute Gasteiger partial charge is 0.347 e. The fraction of sp³-hybridized carbons (Fsp3) is 0.304. The number of amides is 2. The molecule has 31 heavy (non-hydrogen) atoms. The monoisotopic (exact) mass is 482 g/mol. The van der Waals surface area contributed by atoms with Crippen molar-refractivity contribution in [2.75, 3.05) is 11.9 Å². The van der Waals surface area contributed by atoms with Crippen molar-refractivity contribution in [1.82, 2.24) is 14.9 Å². The van der Waals surface area contributed by atoms with Gasteiger partial charge in [-0.2, -0.15) is 0 Å². The fourth-order valence-corrected chi connectivity index (χ4v) is 4.01. The summed E-state index contributed by atoms with van der Waals surface area (Å²) in [7, 11) is 0. The van der Waals surface area contributed by atoms with Crippen molar-refractivity contribution in [2.45, 2.75) is 38.6 Å². The van der Waals surface area contributed by atoms with Crippen LogP contribution in [0, 0.1) is 6.92 Å². The molecule has 8 heteroatoms. The van der Waals surface area contributed by atoms with Gasteiger partial charge in [0.25, 0.3) is 5.56 Å². The van der Waals surface area contributed by atoms with Crippen molar-refractivity contribution >= 4 is 44.3 Å². The van der Waals surface area contributed by atoms with Crippen LogP contribution in [0.1, 0.15) is 36.7 Å². The average Bonchev–Trinajstić information content (AvgIpc) is 3.58. The molecule has 0 bridgehead atoms. The highest BCUT2D eigenvalue weighted by Crippen LogP contribution is 2.34. The summed E-state index contributed by atoms with van der Waals surface area (Å²) >= 11 is 3.39. The number of benzene rings is 2. The molecule has 2 aromatic carbocycles. The van der Waals surface area contributed by atoms with Crippen LogP contribution >= 0.6 is 15.9 Å². The van der Waals surface area contributed by atoms with Gasteiger partial charge in [-0.1, -0.05) is 28.1 Å². The van der Waals surface area contributed by atoms with E-state index in [1.54, 1.807) is 10.6 Å². The topological polar surface area (TPSA) is 93.1 Å². The third kappa shape index (κ3) is 5.02. The van der Waals surface area contributed by atoms with Crippen LogP contribution in [0.4, 0.5) is 5.69 Å². The molecular formula is C23H23BrN4O3. The quantitative estimate of drug-likeness (QED) is 0.538. The van der Waals surface area contributed by atoms with Crippen molar-refractivity contribution in [2.24, 2.45) is 0 Å². The minimum Gasteiger partial charge on any atom is -0.347 e. The SMILES string of the molecule is Cc1cc(Br)ccc1NC(=O)CNC(=O)CCc1nc2ccccc2c(=O)n1C1CC1. The van der Waals surface area contributed by atoms with Crippen LogP contribution in [-0.2, 0) is 16.0 Å². The zero-order valence-electron chi connectivity index (χ0n) is 17.2. The molecular weight excluding hydrogens is 460 g/mol. The molecule has 0 atom stereocenters. The number of hydrogen-bond acceptors (Lipinski definition) is 4. The van der Waals surface area contributed by atoms with Gasteiger partial charge in [0.2, 0.25) is 11.8 Å². The highest BCUT2D eigenvalue weighted by molar-refractivity contribution is 9.10. The molecule has 160 valence electrons. The van der Waals surface area contributed by atoms with Crippen LogP contribution < -0.4 is 16.2 Å². The first-order chi connectivity index (χ1) is 14.9. The molecule has 1 aliphatic carbocycles. The molecule has 0 radical (unpaired) electrons. The Balaban J connectivity index is 1.37.